The summed E-state index contributed by atoms with van der Waals surface area (Å²) in [5.74, 6) is -0.622. The van der Waals surface area contributed by atoms with Gasteiger partial charge in [0.1, 0.15) is 6.61 Å². The normalized spacial score (nSPS) is 12.8. The topological polar surface area (TPSA) is 72.8 Å². The molecule has 0 fully saturated rings. The molecule has 0 radical (unpaired) electrons. The summed E-state index contributed by atoms with van der Waals surface area (Å²) in [5.41, 5.74) is 0. The van der Waals surface area contributed by atoms with Gasteiger partial charge >= 0.3 is 11.9 Å². The van der Waals surface area contributed by atoms with Crippen molar-refractivity contribution in [2.24, 2.45) is 0 Å². The third kappa shape index (κ3) is 38.4. The van der Waals surface area contributed by atoms with E-state index in [0.29, 0.717) is 12.8 Å². The molecule has 0 aliphatic heterocycles. The molecule has 1 atom stereocenters. The Hall–Kier alpha value is -2.40. The number of esters is 2. The van der Waals surface area contributed by atoms with Crippen molar-refractivity contribution < 1.29 is 24.2 Å². The highest BCUT2D eigenvalue weighted by molar-refractivity contribution is 5.70. The van der Waals surface area contributed by atoms with Crippen LogP contribution in [0.3, 0.4) is 0 Å². The minimum Gasteiger partial charge on any atom is -0.462 e. The lowest BCUT2D eigenvalue weighted by Gasteiger charge is -2.15. The molecular weight excluding hydrogens is 620 g/mol. The Morgan fingerprint density at radius 3 is 1.32 bits per heavy atom. The first-order valence-corrected chi connectivity index (χ1v) is 20.8. The predicted octanol–water partition coefficient (Wildman–Crippen LogP) is 13.2. The number of unbranched alkanes of at least 4 members (excludes halogenated alkanes) is 19. The highest BCUT2D eigenvalue weighted by atomic mass is 16.6. The van der Waals surface area contributed by atoms with Crippen LogP contribution in [-0.4, -0.2) is 36.4 Å². The van der Waals surface area contributed by atoms with Crippen LogP contribution in [-0.2, 0) is 19.1 Å². The zero-order valence-electron chi connectivity index (χ0n) is 32.6. The van der Waals surface area contributed by atoms with Crippen LogP contribution in [0.5, 0.6) is 0 Å². The largest absolute Gasteiger partial charge is 0.462 e. The number of hydrogen-bond donors (Lipinski definition) is 1. The van der Waals surface area contributed by atoms with Crippen molar-refractivity contribution in [2.45, 2.75) is 200 Å². The van der Waals surface area contributed by atoms with Gasteiger partial charge in [-0.05, 0) is 77.0 Å². The van der Waals surface area contributed by atoms with E-state index >= 15 is 0 Å². The quantitative estimate of drug-likeness (QED) is 0.0397. The molecule has 288 valence electrons. The van der Waals surface area contributed by atoms with Crippen molar-refractivity contribution in [3.05, 3.63) is 60.8 Å². The summed E-state index contributed by atoms with van der Waals surface area (Å²) < 4.78 is 10.6. The van der Waals surface area contributed by atoms with Crippen molar-refractivity contribution in [1.29, 1.82) is 0 Å². The van der Waals surface area contributed by atoms with Crippen molar-refractivity contribution in [3.8, 4) is 0 Å². The van der Waals surface area contributed by atoms with Crippen LogP contribution in [0.1, 0.15) is 194 Å². The van der Waals surface area contributed by atoms with Crippen LogP contribution < -0.4 is 0 Å². The van der Waals surface area contributed by atoms with E-state index in [1.807, 2.05) is 0 Å². The summed E-state index contributed by atoms with van der Waals surface area (Å²) in [7, 11) is 0. The molecule has 0 saturated carbocycles. The molecule has 5 heteroatoms. The van der Waals surface area contributed by atoms with Crippen LogP contribution in [0.4, 0.5) is 0 Å². The maximum absolute atomic E-state index is 12.2. The first-order valence-electron chi connectivity index (χ1n) is 20.8. The van der Waals surface area contributed by atoms with Crippen LogP contribution in [0.25, 0.3) is 0 Å². The molecule has 0 bridgehead atoms. The fourth-order valence-electron chi connectivity index (χ4n) is 5.66. The van der Waals surface area contributed by atoms with E-state index in [1.165, 1.54) is 89.9 Å². The van der Waals surface area contributed by atoms with E-state index in [-0.39, 0.29) is 25.2 Å². The van der Waals surface area contributed by atoms with Crippen molar-refractivity contribution in [1.82, 2.24) is 0 Å². The molecule has 0 aliphatic rings. The van der Waals surface area contributed by atoms with Crippen molar-refractivity contribution >= 4 is 11.9 Å². The van der Waals surface area contributed by atoms with E-state index in [1.54, 1.807) is 0 Å². The van der Waals surface area contributed by atoms with Crippen LogP contribution in [0, 0.1) is 0 Å². The fraction of sp³-hybridized carbons (Fsp3) is 0.733. The van der Waals surface area contributed by atoms with Gasteiger partial charge in [-0.3, -0.25) is 9.59 Å². The van der Waals surface area contributed by atoms with Gasteiger partial charge in [0.05, 0.1) is 6.61 Å². The van der Waals surface area contributed by atoms with Gasteiger partial charge in [-0.2, -0.15) is 0 Å². The van der Waals surface area contributed by atoms with Gasteiger partial charge in [-0.1, -0.05) is 164 Å². The molecule has 0 amide bonds. The van der Waals surface area contributed by atoms with Gasteiger partial charge in [0.2, 0.25) is 0 Å². The number of aliphatic hydroxyl groups excluding tert-OH is 1. The van der Waals surface area contributed by atoms with Crippen molar-refractivity contribution in [3.63, 3.8) is 0 Å². The number of allylic oxidation sites excluding steroid dienone is 10. The van der Waals surface area contributed by atoms with E-state index < -0.39 is 6.10 Å². The maximum Gasteiger partial charge on any atom is 0.306 e. The SMILES string of the molecule is CCC=CCC=CCC=CCC=CCCCCCCC(=O)OC[C@H](CO)OC(=O)CCCCCCCCCCCC=CCCCCCCCC. The third-order valence-corrected chi connectivity index (χ3v) is 8.80. The second kappa shape index (κ2) is 41.0. The molecule has 0 aromatic carbocycles. The molecule has 50 heavy (non-hydrogen) atoms. The van der Waals surface area contributed by atoms with Gasteiger partial charge in [0, 0.05) is 12.8 Å². The number of carbonyl (C=O) groups is 2. The van der Waals surface area contributed by atoms with E-state index in [2.05, 4.69) is 74.6 Å². The molecule has 0 aliphatic carbocycles. The molecule has 0 aromatic rings. The van der Waals surface area contributed by atoms with E-state index in [4.69, 9.17) is 9.47 Å². The molecule has 0 heterocycles. The zero-order chi connectivity index (χ0) is 36.4. The van der Waals surface area contributed by atoms with E-state index in [9.17, 15) is 14.7 Å². The third-order valence-electron chi connectivity index (χ3n) is 8.80. The lowest BCUT2D eigenvalue weighted by molar-refractivity contribution is -0.161. The Labute approximate surface area is 309 Å². The minimum atomic E-state index is -0.784. The molecular formula is C45H78O5. The lowest BCUT2D eigenvalue weighted by Crippen LogP contribution is -2.28. The summed E-state index contributed by atoms with van der Waals surface area (Å²) in [4.78, 5) is 24.3. The molecule has 1 N–H and O–H groups in total. The molecule has 0 saturated heterocycles. The Morgan fingerprint density at radius 2 is 0.860 bits per heavy atom. The minimum absolute atomic E-state index is 0.0810. The first-order chi connectivity index (χ1) is 24.6. The second-order valence-electron chi connectivity index (χ2n) is 13.7. The fourth-order valence-corrected chi connectivity index (χ4v) is 5.66. The maximum atomic E-state index is 12.2. The molecule has 5 nitrogen and oxygen atoms in total. The van der Waals surface area contributed by atoms with Crippen molar-refractivity contribution in [2.75, 3.05) is 13.2 Å². The summed E-state index contributed by atoms with van der Waals surface area (Å²) in [6.07, 6.45) is 52.8. The Bertz CT molecular complexity index is 884. The van der Waals surface area contributed by atoms with Gasteiger partial charge in [-0.15, -0.1) is 0 Å². The highest BCUT2D eigenvalue weighted by Crippen LogP contribution is 2.13. The Kier molecular flexibility index (Phi) is 39.1. The molecule has 0 unspecified atom stereocenters. The number of carbonyl (C=O) groups excluding carboxylic acids is 2. The number of aliphatic hydroxyl groups is 1. The summed E-state index contributed by atoms with van der Waals surface area (Å²) >= 11 is 0. The lowest BCUT2D eigenvalue weighted by atomic mass is 10.1. The van der Waals surface area contributed by atoms with Gasteiger partial charge in [0.15, 0.2) is 6.10 Å². The van der Waals surface area contributed by atoms with Gasteiger partial charge < -0.3 is 14.6 Å². The first kappa shape index (κ1) is 47.6. The second-order valence-corrected chi connectivity index (χ2v) is 13.7. The summed E-state index contributed by atoms with van der Waals surface area (Å²) in [5, 5.41) is 9.57. The average Bonchev–Trinajstić information content (AvgIpc) is 3.12. The van der Waals surface area contributed by atoms with Gasteiger partial charge in [0.25, 0.3) is 0 Å². The standard InChI is InChI=1S/C45H78O5/c1-3-5-7-9-11-13-15-17-19-21-22-24-26-28-30-32-34-36-38-40-45(48)50-43(41-46)42-49-44(47)39-37-35-33-31-29-27-25-23-20-18-16-14-12-10-8-6-4-2/h6,8,12,14,17-20,25,27,43,46H,3-5,7,9-11,13,15-16,21-24,26,28-42H2,1-2H3/t43-/m0/s1. The van der Waals surface area contributed by atoms with E-state index in [0.717, 1.165) is 77.0 Å². The van der Waals surface area contributed by atoms with Crippen LogP contribution in [0.2, 0.25) is 0 Å². The average molecular weight is 699 g/mol. The molecule has 0 rings (SSSR count). The predicted molar refractivity (Wildman–Crippen MR) is 214 cm³/mol. The summed E-state index contributed by atoms with van der Waals surface area (Å²) in [6.45, 7) is 4.00. The van der Waals surface area contributed by atoms with Crippen LogP contribution in [0.15, 0.2) is 60.8 Å². The van der Waals surface area contributed by atoms with Crippen LogP contribution >= 0.6 is 0 Å². The summed E-state index contributed by atoms with van der Waals surface area (Å²) in [6, 6.07) is 0. The molecule has 0 spiro atoms. The number of hydrogen-bond acceptors (Lipinski definition) is 5. The monoisotopic (exact) mass is 699 g/mol. The Morgan fingerprint density at radius 1 is 0.480 bits per heavy atom. The smallest absolute Gasteiger partial charge is 0.306 e. The zero-order valence-corrected chi connectivity index (χ0v) is 32.6. The Balaban J connectivity index is 3.59. The number of rotatable bonds is 37. The highest BCUT2D eigenvalue weighted by Gasteiger charge is 2.16. The van der Waals surface area contributed by atoms with Gasteiger partial charge in [-0.25, -0.2) is 0 Å². The number of ether oxygens (including phenoxy) is 2. The molecule has 0 aromatic heterocycles.